The third kappa shape index (κ3) is 5.44. The summed E-state index contributed by atoms with van der Waals surface area (Å²) in [6.07, 6.45) is 0.704. The van der Waals surface area contributed by atoms with Crippen molar-refractivity contribution in [1.29, 1.82) is 0 Å². The monoisotopic (exact) mass is 458 g/mol. The van der Waals surface area contributed by atoms with Gasteiger partial charge in [-0.2, -0.15) is 0 Å². The molecule has 3 atom stereocenters. The molecule has 0 spiro atoms. The minimum Gasteiger partial charge on any atom is -0.492 e. The van der Waals surface area contributed by atoms with Crippen molar-refractivity contribution in [3.8, 4) is 5.75 Å². The fourth-order valence-electron chi connectivity index (χ4n) is 5.08. The molecule has 33 heavy (non-hydrogen) atoms. The molecule has 0 saturated carbocycles. The van der Waals surface area contributed by atoms with Gasteiger partial charge in [-0.1, -0.05) is 36.4 Å². The predicted octanol–water partition coefficient (Wildman–Crippen LogP) is 5.47. The van der Waals surface area contributed by atoms with E-state index in [2.05, 4.69) is 41.4 Å². The fraction of sp³-hybridized carbons (Fsp3) is 0.481. The van der Waals surface area contributed by atoms with E-state index in [0.717, 1.165) is 24.2 Å². The van der Waals surface area contributed by atoms with Crippen molar-refractivity contribution in [2.24, 2.45) is 0 Å². The average Bonchev–Trinajstić information content (AvgIpc) is 3.20. The zero-order valence-electron chi connectivity index (χ0n) is 19.2. The van der Waals surface area contributed by atoms with Crippen LogP contribution < -0.4 is 10.1 Å². The maximum atomic E-state index is 14.2. The Bertz CT molecular complexity index is 947. The van der Waals surface area contributed by atoms with Gasteiger partial charge in [0.15, 0.2) is 0 Å². The normalized spacial score (nSPS) is 21.1. The standard InChI is InChI=1S/C27H33F3N2O/c1-19-15-25-24-6-3-2-5-21(24)16-26(25)27(32(19)18-22(30)17-29)20-7-9-23(10-8-20)33-14-13-31-12-4-11-28/h2-3,5-10,19,22,27,31H,4,11-18H2,1H3/t19-,22-,27-/m1/s1. The van der Waals surface area contributed by atoms with Crippen LogP contribution >= 0.6 is 0 Å². The van der Waals surface area contributed by atoms with Gasteiger partial charge in [-0.15, -0.1) is 0 Å². The Labute approximate surface area is 194 Å². The second-order valence-electron chi connectivity index (χ2n) is 8.95. The molecule has 2 aliphatic rings. The highest BCUT2D eigenvalue weighted by atomic mass is 19.2. The van der Waals surface area contributed by atoms with Crippen LogP contribution in [0.15, 0.2) is 54.1 Å². The number of fused-ring (bicyclic) bond motifs is 2. The van der Waals surface area contributed by atoms with E-state index in [1.165, 1.54) is 22.3 Å². The van der Waals surface area contributed by atoms with Gasteiger partial charge in [0.2, 0.25) is 0 Å². The SMILES string of the molecule is C[C@@H]1CC2=C(Cc3ccccc32)[C@@H](c2ccc(OCCNCCCF)cc2)N1C[C@H](F)CF. The largest absolute Gasteiger partial charge is 0.492 e. The van der Waals surface area contributed by atoms with E-state index in [1.54, 1.807) is 0 Å². The highest BCUT2D eigenvalue weighted by molar-refractivity contribution is 5.78. The van der Waals surface area contributed by atoms with Crippen LogP contribution in [0.1, 0.15) is 42.5 Å². The Morgan fingerprint density at radius 1 is 1.09 bits per heavy atom. The number of nitrogens with zero attached hydrogens (tertiary/aromatic N) is 1. The molecule has 0 radical (unpaired) electrons. The fourth-order valence-corrected chi connectivity index (χ4v) is 5.08. The third-order valence-electron chi connectivity index (χ3n) is 6.65. The highest BCUT2D eigenvalue weighted by Crippen LogP contribution is 2.48. The number of nitrogens with one attached hydrogen (secondary N) is 1. The molecule has 178 valence electrons. The van der Waals surface area contributed by atoms with Gasteiger partial charge in [-0.05, 0) is 72.7 Å². The minimum absolute atomic E-state index is 0.0816. The predicted molar refractivity (Wildman–Crippen MR) is 127 cm³/mol. The second kappa shape index (κ2) is 11.2. The topological polar surface area (TPSA) is 24.5 Å². The Balaban J connectivity index is 1.54. The van der Waals surface area contributed by atoms with Crippen LogP contribution in [-0.4, -0.2) is 56.7 Å². The zero-order valence-corrected chi connectivity index (χ0v) is 19.2. The summed E-state index contributed by atoms with van der Waals surface area (Å²) in [7, 11) is 0. The molecule has 0 bridgehead atoms. The Morgan fingerprint density at radius 2 is 1.88 bits per heavy atom. The Morgan fingerprint density at radius 3 is 2.64 bits per heavy atom. The summed E-state index contributed by atoms with van der Waals surface area (Å²) < 4.78 is 45.3. The third-order valence-corrected chi connectivity index (χ3v) is 6.65. The van der Waals surface area contributed by atoms with E-state index >= 15 is 0 Å². The van der Waals surface area contributed by atoms with E-state index in [4.69, 9.17) is 4.74 Å². The molecule has 1 aliphatic heterocycles. The van der Waals surface area contributed by atoms with Crippen LogP contribution in [0.5, 0.6) is 5.75 Å². The summed E-state index contributed by atoms with van der Waals surface area (Å²) in [5, 5.41) is 3.14. The van der Waals surface area contributed by atoms with Crippen molar-refractivity contribution in [2.75, 3.05) is 39.6 Å². The molecule has 0 fully saturated rings. The van der Waals surface area contributed by atoms with Crippen molar-refractivity contribution >= 4 is 5.57 Å². The van der Waals surface area contributed by atoms with Crippen LogP contribution in [0.4, 0.5) is 13.2 Å². The van der Waals surface area contributed by atoms with E-state index in [0.29, 0.717) is 26.1 Å². The minimum atomic E-state index is -1.49. The molecule has 3 nitrogen and oxygen atoms in total. The van der Waals surface area contributed by atoms with Crippen LogP contribution in [0, 0.1) is 0 Å². The Hall–Kier alpha value is -2.31. The molecule has 0 amide bonds. The molecule has 2 aromatic carbocycles. The number of rotatable bonds is 11. The van der Waals surface area contributed by atoms with Gasteiger partial charge in [0, 0.05) is 19.1 Å². The second-order valence-corrected chi connectivity index (χ2v) is 8.95. The number of halogens is 3. The maximum absolute atomic E-state index is 14.2. The molecule has 0 saturated heterocycles. The van der Waals surface area contributed by atoms with Crippen molar-refractivity contribution in [1.82, 2.24) is 10.2 Å². The highest BCUT2D eigenvalue weighted by Gasteiger charge is 2.39. The molecule has 1 N–H and O–H groups in total. The quantitative estimate of drug-likeness (QED) is 0.452. The first-order valence-electron chi connectivity index (χ1n) is 11.9. The summed E-state index contributed by atoms with van der Waals surface area (Å²) in [5.41, 5.74) is 6.33. The van der Waals surface area contributed by atoms with Gasteiger partial charge in [0.1, 0.15) is 25.2 Å². The number of ether oxygens (including phenoxy) is 1. The van der Waals surface area contributed by atoms with Crippen molar-refractivity contribution in [3.05, 3.63) is 70.8 Å². The van der Waals surface area contributed by atoms with Crippen LogP contribution in [0.25, 0.3) is 5.57 Å². The summed E-state index contributed by atoms with van der Waals surface area (Å²) >= 11 is 0. The average molecular weight is 459 g/mol. The number of hydrogen-bond donors (Lipinski definition) is 1. The molecular weight excluding hydrogens is 425 g/mol. The first-order chi connectivity index (χ1) is 16.1. The lowest BCUT2D eigenvalue weighted by molar-refractivity contribution is 0.0998. The molecule has 1 aliphatic carbocycles. The molecule has 4 rings (SSSR count). The lowest BCUT2D eigenvalue weighted by Gasteiger charge is -2.42. The van der Waals surface area contributed by atoms with Gasteiger partial charge < -0.3 is 10.1 Å². The summed E-state index contributed by atoms with van der Waals surface area (Å²) in [5.74, 6) is 0.762. The zero-order chi connectivity index (χ0) is 23.2. The van der Waals surface area contributed by atoms with E-state index in [-0.39, 0.29) is 25.3 Å². The molecule has 1 heterocycles. The Kier molecular flexibility index (Phi) is 8.10. The lowest BCUT2D eigenvalue weighted by atomic mass is 9.85. The number of benzene rings is 2. The van der Waals surface area contributed by atoms with Gasteiger partial charge in [-0.3, -0.25) is 9.29 Å². The number of hydrogen-bond acceptors (Lipinski definition) is 3. The van der Waals surface area contributed by atoms with Gasteiger partial charge in [0.25, 0.3) is 0 Å². The van der Waals surface area contributed by atoms with Gasteiger partial charge >= 0.3 is 0 Å². The maximum Gasteiger partial charge on any atom is 0.141 e. The van der Waals surface area contributed by atoms with Crippen LogP contribution in [-0.2, 0) is 6.42 Å². The van der Waals surface area contributed by atoms with E-state index in [9.17, 15) is 13.2 Å². The summed E-state index contributed by atoms with van der Waals surface area (Å²) in [6.45, 7) is 2.71. The summed E-state index contributed by atoms with van der Waals surface area (Å²) in [6, 6.07) is 16.5. The van der Waals surface area contributed by atoms with Gasteiger partial charge in [0.05, 0.1) is 12.7 Å². The van der Waals surface area contributed by atoms with Crippen LogP contribution in [0.3, 0.4) is 0 Å². The first-order valence-corrected chi connectivity index (χ1v) is 11.9. The van der Waals surface area contributed by atoms with Crippen molar-refractivity contribution < 1.29 is 17.9 Å². The lowest BCUT2D eigenvalue weighted by Crippen LogP contribution is -2.44. The number of alkyl halides is 3. The van der Waals surface area contributed by atoms with Crippen LogP contribution in [0.2, 0.25) is 0 Å². The van der Waals surface area contributed by atoms with Crippen molar-refractivity contribution in [2.45, 2.75) is 44.4 Å². The molecular formula is C27H33F3N2O. The van der Waals surface area contributed by atoms with E-state index < -0.39 is 12.8 Å². The van der Waals surface area contributed by atoms with Gasteiger partial charge in [-0.25, -0.2) is 8.78 Å². The van der Waals surface area contributed by atoms with E-state index in [1.807, 2.05) is 24.3 Å². The molecule has 0 unspecified atom stereocenters. The van der Waals surface area contributed by atoms with Crippen molar-refractivity contribution in [3.63, 3.8) is 0 Å². The first kappa shape index (κ1) is 23.8. The molecule has 0 aromatic heterocycles. The molecule has 2 aromatic rings. The smallest absolute Gasteiger partial charge is 0.141 e. The summed E-state index contributed by atoms with van der Waals surface area (Å²) in [4.78, 5) is 2.12. The molecule has 6 heteroatoms.